The molecule has 0 spiro atoms. The number of rotatable bonds is 16. The van der Waals surface area contributed by atoms with Crippen LogP contribution >= 0.6 is 11.8 Å². The highest BCUT2D eigenvalue weighted by Gasteiger charge is 2.31. The van der Waals surface area contributed by atoms with Crippen LogP contribution in [-0.2, 0) is 36.8 Å². The Kier molecular flexibility index (Phi) is 11.9. The molecular weight excluding hydrogens is 562 g/mol. The highest BCUT2D eigenvalue weighted by atomic mass is 32.2. The van der Waals surface area contributed by atoms with Crippen LogP contribution in [0.5, 0.6) is 0 Å². The Bertz CT molecular complexity index is 1400. The number of carboxylic acid groups (broad SMARTS) is 2. The number of benzene rings is 2. The van der Waals surface area contributed by atoms with Crippen LogP contribution in [0.1, 0.15) is 24.0 Å². The number of aromatic nitrogens is 1. The number of carboxylic acids is 2. The summed E-state index contributed by atoms with van der Waals surface area (Å²) in [5.74, 6) is -4.22. The summed E-state index contributed by atoms with van der Waals surface area (Å²) in [6.45, 7) is 0. The standard InChI is InChI=1S/C29H35N5O7S/c1-42-12-11-22(27(38)34-24(29(40)41)14-18-16-31-21-10-6-5-9-19(18)21)32-28(39)23(13-17-7-3-2-4-8-17)33-26(37)20(30)15-25(35)36/h2-10,16,20,22-24,31H,11-15,30H2,1H3,(H,32,39)(H,33,37)(H,34,38)(H,35,36)(H,40,41). The minimum absolute atomic E-state index is 0.0163. The van der Waals surface area contributed by atoms with E-state index in [1.165, 1.54) is 11.8 Å². The summed E-state index contributed by atoms with van der Waals surface area (Å²) in [5, 5.41) is 27.4. The van der Waals surface area contributed by atoms with Gasteiger partial charge in [-0.05, 0) is 35.6 Å². The second-order valence-corrected chi connectivity index (χ2v) is 10.7. The zero-order valence-corrected chi connectivity index (χ0v) is 23.9. The summed E-state index contributed by atoms with van der Waals surface area (Å²) < 4.78 is 0. The van der Waals surface area contributed by atoms with Crippen LogP contribution < -0.4 is 21.7 Å². The van der Waals surface area contributed by atoms with Crippen molar-refractivity contribution in [3.63, 3.8) is 0 Å². The zero-order chi connectivity index (χ0) is 30.6. The van der Waals surface area contributed by atoms with Crippen LogP contribution in [0.25, 0.3) is 10.9 Å². The van der Waals surface area contributed by atoms with Gasteiger partial charge in [0.15, 0.2) is 0 Å². The lowest BCUT2D eigenvalue weighted by molar-refractivity contribution is -0.142. The van der Waals surface area contributed by atoms with Gasteiger partial charge in [-0.2, -0.15) is 11.8 Å². The van der Waals surface area contributed by atoms with Gasteiger partial charge in [0.05, 0.1) is 12.5 Å². The Labute approximate surface area is 246 Å². The molecule has 0 radical (unpaired) electrons. The molecule has 42 heavy (non-hydrogen) atoms. The molecule has 0 bridgehead atoms. The normalized spacial score (nSPS) is 13.9. The molecule has 0 aliphatic rings. The largest absolute Gasteiger partial charge is 0.481 e. The van der Waals surface area contributed by atoms with Gasteiger partial charge < -0.3 is 36.9 Å². The summed E-state index contributed by atoms with van der Waals surface area (Å²) in [5.41, 5.74) is 7.96. The van der Waals surface area contributed by atoms with Gasteiger partial charge in [0.2, 0.25) is 17.7 Å². The van der Waals surface area contributed by atoms with Gasteiger partial charge in [0.1, 0.15) is 18.1 Å². The fourth-order valence-electron chi connectivity index (χ4n) is 4.39. The van der Waals surface area contributed by atoms with Crippen molar-refractivity contribution in [2.45, 2.75) is 49.9 Å². The molecular formula is C29H35N5O7S. The van der Waals surface area contributed by atoms with E-state index in [1.54, 1.807) is 36.5 Å². The van der Waals surface area contributed by atoms with E-state index in [0.717, 1.165) is 10.9 Å². The number of nitrogens with two attached hydrogens (primary N) is 1. The number of aromatic amines is 1. The molecule has 3 amide bonds. The molecule has 12 nitrogen and oxygen atoms in total. The quantitative estimate of drug-likeness (QED) is 0.126. The molecule has 3 aromatic rings. The smallest absolute Gasteiger partial charge is 0.326 e. The summed E-state index contributed by atoms with van der Waals surface area (Å²) in [6.07, 6.45) is 3.16. The average molecular weight is 598 g/mol. The van der Waals surface area contributed by atoms with Crippen LogP contribution in [0.2, 0.25) is 0 Å². The van der Waals surface area contributed by atoms with Gasteiger partial charge in [-0.3, -0.25) is 19.2 Å². The van der Waals surface area contributed by atoms with Crippen molar-refractivity contribution in [3.05, 3.63) is 71.9 Å². The number of hydrogen-bond acceptors (Lipinski definition) is 7. The molecule has 3 rings (SSSR count). The maximum Gasteiger partial charge on any atom is 0.326 e. The van der Waals surface area contributed by atoms with Crippen molar-refractivity contribution >= 4 is 52.3 Å². The van der Waals surface area contributed by atoms with E-state index in [4.69, 9.17) is 10.8 Å². The van der Waals surface area contributed by atoms with Crippen molar-refractivity contribution < 1.29 is 34.2 Å². The van der Waals surface area contributed by atoms with Crippen molar-refractivity contribution in [3.8, 4) is 0 Å². The van der Waals surface area contributed by atoms with Crippen LogP contribution in [0.4, 0.5) is 0 Å². The van der Waals surface area contributed by atoms with Crippen LogP contribution in [-0.4, -0.2) is 81.0 Å². The molecule has 4 atom stereocenters. The molecule has 224 valence electrons. The number of para-hydroxylation sites is 1. The van der Waals surface area contributed by atoms with Gasteiger partial charge in [-0.25, -0.2) is 4.79 Å². The summed E-state index contributed by atoms with van der Waals surface area (Å²) >= 11 is 1.44. The molecule has 0 aliphatic carbocycles. The van der Waals surface area contributed by atoms with E-state index in [9.17, 15) is 29.1 Å². The molecule has 2 aromatic carbocycles. The molecule has 8 N–H and O–H groups in total. The Hall–Kier alpha value is -4.36. The number of amides is 3. The van der Waals surface area contributed by atoms with Gasteiger partial charge in [-0.15, -0.1) is 0 Å². The molecule has 0 aliphatic heterocycles. The first-order valence-electron chi connectivity index (χ1n) is 13.3. The summed E-state index contributed by atoms with van der Waals surface area (Å²) in [4.78, 5) is 65.6. The van der Waals surface area contributed by atoms with Gasteiger partial charge >= 0.3 is 11.9 Å². The topological polar surface area (TPSA) is 204 Å². The highest BCUT2D eigenvalue weighted by molar-refractivity contribution is 7.98. The number of thioether (sulfide) groups is 1. The Morgan fingerprint density at radius 3 is 2.12 bits per heavy atom. The van der Waals surface area contributed by atoms with E-state index >= 15 is 0 Å². The SMILES string of the molecule is CSCCC(NC(=O)C(Cc1ccccc1)NC(=O)C(N)CC(=O)O)C(=O)NC(Cc1c[nH]c2ccccc12)C(=O)O. The number of carbonyl (C=O) groups excluding carboxylic acids is 3. The molecule has 4 unspecified atom stereocenters. The molecule has 0 saturated carbocycles. The van der Waals surface area contributed by atoms with Crippen LogP contribution in [0.3, 0.4) is 0 Å². The molecule has 1 aromatic heterocycles. The van der Waals surface area contributed by atoms with E-state index in [-0.39, 0.29) is 19.3 Å². The molecule has 0 fully saturated rings. The molecule has 13 heteroatoms. The maximum atomic E-state index is 13.4. The van der Waals surface area contributed by atoms with Crippen LogP contribution in [0, 0.1) is 0 Å². The predicted molar refractivity (Wildman–Crippen MR) is 159 cm³/mol. The van der Waals surface area contributed by atoms with Crippen molar-refractivity contribution in [1.82, 2.24) is 20.9 Å². The van der Waals surface area contributed by atoms with Crippen molar-refractivity contribution in [2.24, 2.45) is 5.73 Å². The van der Waals surface area contributed by atoms with Crippen LogP contribution in [0.15, 0.2) is 60.8 Å². The number of carbonyl (C=O) groups is 5. The lowest BCUT2D eigenvalue weighted by Crippen LogP contribution is -2.58. The molecule has 1 heterocycles. The summed E-state index contributed by atoms with van der Waals surface area (Å²) in [6, 6.07) is 11.3. The maximum absolute atomic E-state index is 13.4. The Morgan fingerprint density at radius 1 is 0.833 bits per heavy atom. The zero-order valence-electron chi connectivity index (χ0n) is 23.0. The average Bonchev–Trinajstić information content (AvgIpc) is 3.37. The second kappa shape index (κ2) is 15.6. The van der Waals surface area contributed by atoms with Crippen molar-refractivity contribution in [2.75, 3.05) is 12.0 Å². The Balaban J connectivity index is 1.77. The first-order chi connectivity index (χ1) is 20.1. The van der Waals surface area contributed by atoms with Gasteiger partial charge in [0.25, 0.3) is 0 Å². The fourth-order valence-corrected chi connectivity index (χ4v) is 4.86. The molecule has 0 saturated heterocycles. The summed E-state index contributed by atoms with van der Waals surface area (Å²) in [7, 11) is 0. The minimum Gasteiger partial charge on any atom is -0.481 e. The van der Waals surface area contributed by atoms with Gasteiger partial charge in [0, 0.05) is 29.9 Å². The minimum atomic E-state index is -1.38. The van der Waals surface area contributed by atoms with E-state index in [0.29, 0.717) is 16.9 Å². The Morgan fingerprint density at radius 2 is 1.45 bits per heavy atom. The third-order valence-corrected chi connectivity index (χ3v) is 7.25. The highest BCUT2D eigenvalue weighted by Crippen LogP contribution is 2.19. The lowest BCUT2D eigenvalue weighted by Gasteiger charge is -2.25. The fraction of sp³-hybridized carbons (Fsp3) is 0.345. The lowest BCUT2D eigenvalue weighted by atomic mass is 10.0. The van der Waals surface area contributed by atoms with E-state index in [2.05, 4.69) is 20.9 Å². The monoisotopic (exact) mass is 597 g/mol. The second-order valence-electron chi connectivity index (χ2n) is 9.76. The first-order valence-corrected chi connectivity index (χ1v) is 14.7. The third-order valence-electron chi connectivity index (χ3n) is 6.60. The van der Waals surface area contributed by atoms with E-state index in [1.807, 2.05) is 30.5 Å². The number of aliphatic carboxylic acids is 2. The van der Waals surface area contributed by atoms with Crippen molar-refractivity contribution in [1.29, 1.82) is 0 Å². The number of hydrogen-bond donors (Lipinski definition) is 7. The number of nitrogens with one attached hydrogen (secondary N) is 4. The third kappa shape index (κ3) is 9.35. The first kappa shape index (κ1) is 32.2. The predicted octanol–water partition coefficient (Wildman–Crippen LogP) is 1.05. The number of fused-ring (bicyclic) bond motifs is 1. The van der Waals surface area contributed by atoms with E-state index < -0.39 is 60.2 Å². The number of H-pyrrole nitrogens is 1. The van der Waals surface area contributed by atoms with Gasteiger partial charge in [-0.1, -0.05) is 48.5 Å².